The van der Waals surface area contributed by atoms with Gasteiger partial charge in [-0.15, -0.1) is 0 Å². The second-order valence-electron chi connectivity index (χ2n) is 8.33. The molecule has 1 aliphatic heterocycles. The third-order valence-corrected chi connectivity index (χ3v) is 5.90. The van der Waals surface area contributed by atoms with Gasteiger partial charge < -0.3 is 14.4 Å². The Morgan fingerprint density at radius 2 is 1.62 bits per heavy atom. The lowest BCUT2D eigenvalue weighted by atomic mass is 9.97. The number of furan rings is 1. The third kappa shape index (κ3) is 3.58. The highest BCUT2D eigenvalue weighted by Crippen LogP contribution is 2.43. The largest absolute Gasteiger partial charge is 0.507 e. The number of ketones is 1. The highest BCUT2D eigenvalue weighted by atomic mass is 16.3. The van der Waals surface area contributed by atoms with Gasteiger partial charge in [-0.2, -0.15) is 0 Å². The minimum Gasteiger partial charge on any atom is -0.507 e. The van der Waals surface area contributed by atoms with Crippen molar-refractivity contribution in [1.82, 2.24) is 0 Å². The molecule has 1 fully saturated rings. The highest BCUT2D eigenvalue weighted by Gasteiger charge is 2.48. The van der Waals surface area contributed by atoms with Gasteiger partial charge in [-0.25, -0.2) is 0 Å². The average molecular weight is 431 g/mol. The molecule has 1 aromatic heterocycles. The number of aliphatic hydroxyl groups is 1. The SMILES string of the molecule is Cc1ccc(C2/C(=C(/O)c3ccc(C)c(C)c3)C(=O)C(=O)N2c2ccc(N(C)C)cc2)o1. The Bertz CT molecular complexity index is 1230. The van der Waals surface area contributed by atoms with E-state index in [-0.39, 0.29) is 11.3 Å². The smallest absolute Gasteiger partial charge is 0.300 e. The number of Topliss-reactive ketones (excluding diaryl/α,β-unsaturated/α-hetero) is 1. The number of amides is 1. The molecule has 32 heavy (non-hydrogen) atoms. The maximum atomic E-state index is 13.2. The van der Waals surface area contributed by atoms with Gasteiger partial charge in [-0.05, 0) is 74.4 Å². The van der Waals surface area contributed by atoms with E-state index in [9.17, 15) is 14.7 Å². The van der Waals surface area contributed by atoms with Crippen molar-refractivity contribution < 1.29 is 19.1 Å². The summed E-state index contributed by atoms with van der Waals surface area (Å²) < 4.78 is 5.84. The molecule has 0 radical (unpaired) electrons. The van der Waals surface area contributed by atoms with E-state index < -0.39 is 17.7 Å². The summed E-state index contributed by atoms with van der Waals surface area (Å²) in [5.41, 5.74) is 4.07. The number of anilines is 2. The number of carbonyl (C=O) groups excluding carboxylic acids is 2. The number of rotatable bonds is 4. The Hall–Kier alpha value is -3.80. The number of carbonyl (C=O) groups is 2. The summed E-state index contributed by atoms with van der Waals surface area (Å²) in [7, 11) is 3.85. The fourth-order valence-corrected chi connectivity index (χ4v) is 3.92. The Morgan fingerprint density at radius 3 is 2.19 bits per heavy atom. The van der Waals surface area contributed by atoms with Crippen molar-refractivity contribution in [2.75, 3.05) is 23.9 Å². The molecule has 0 saturated carbocycles. The van der Waals surface area contributed by atoms with Crippen LogP contribution in [-0.2, 0) is 9.59 Å². The first-order valence-electron chi connectivity index (χ1n) is 10.4. The molecule has 0 spiro atoms. The zero-order valence-electron chi connectivity index (χ0n) is 18.8. The molecule has 4 rings (SSSR count). The lowest BCUT2D eigenvalue weighted by Gasteiger charge is -2.24. The van der Waals surface area contributed by atoms with Crippen LogP contribution in [-0.4, -0.2) is 30.9 Å². The molecule has 2 aromatic carbocycles. The number of benzene rings is 2. The van der Waals surface area contributed by atoms with E-state index in [2.05, 4.69) is 0 Å². The van der Waals surface area contributed by atoms with E-state index in [1.807, 2.05) is 57.1 Å². The van der Waals surface area contributed by atoms with Crippen molar-refractivity contribution >= 4 is 28.8 Å². The van der Waals surface area contributed by atoms with Crippen LogP contribution in [0.1, 0.15) is 34.3 Å². The van der Waals surface area contributed by atoms with Gasteiger partial charge >= 0.3 is 0 Å². The molecule has 2 heterocycles. The molecule has 1 unspecified atom stereocenters. The van der Waals surface area contributed by atoms with Crippen molar-refractivity contribution in [1.29, 1.82) is 0 Å². The van der Waals surface area contributed by atoms with Crippen LogP contribution in [0.25, 0.3) is 5.76 Å². The van der Waals surface area contributed by atoms with Crippen molar-refractivity contribution in [3.05, 3.63) is 88.4 Å². The molecule has 0 aliphatic carbocycles. The summed E-state index contributed by atoms with van der Waals surface area (Å²) in [4.78, 5) is 29.7. The minimum atomic E-state index is -0.865. The van der Waals surface area contributed by atoms with Gasteiger partial charge in [0.2, 0.25) is 0 Å². The molecular weight excluding hydrogens is 404 g/mol. The molecule has 1 N–H and O–H groups in total. The fourth-order valence-electron chi connectivity index (χ4n) is 3.92. The first kappa shape index (κ1) is 21.4. The predicted octanol–water partition coefficient (Wildman–Crippen LogP) is 4.90. The quantitative estimate of drug-likeness (QED) is 0.362. The molecule has 1 amide bonds. The number of aryl methyl sites for hydroxylation is 3. The molecule has 3 aromatic rings. The van der Waals surface area contributed by atoms with E-state index in [4.69, 9.17) is 4.42 Å². The third-order valence-electron chi connectivity index (χ3n) is 5.90. The number of hydrogen-bond acceptors (Lipinski definition) is 5. The molecule has 6 nitrogen and oxygen atoms in total. The Kier molecular flexibility index (Phi) is 5.38. The van der Waals surface area contributed by atoms with E-state index in [1.165, 1.54) is 4.90 Å². The Balaban J connectivity index is 1.90. The fraction of sp³-hybridized carbons (Fsp3) is 0.231. The van der Waals surface area contributed by atoms with Crippen LogP contribution in [0.3, 0.4) is 0 Å². The topological polar surface area (TPSA) is 74.0 Å². The molecule has 1 saturated heterocycles. The van der Waals surface area contributed by atoms with E-state index in [0.29, 0.717) is 22.8 Å². The molecular formula is C26H26N2O4. The van der Waals surface area contributed by atoms with Crippen molar-refractivity contribution in [3.63, 3.8) is 0 Å². The van der Waals surface area contributed by atoms with E-state index in [1.54, 1.807) is 37.3 Å². The second-order valence-corrected chi connectivity index (χ2v) is 8.33. The van der Waals surface area contributed by atoms with Crippen LogP contribution >= 0.6 is 0 Å². The van der Waals surface area contributed by atoms with Crippen molar-refractivity contribution in [2.24, 2.45) is 0 Å². The van der Waals surface area contributed by atoms with Crippen LogP contribution in [0.4, 0.5) is 11.4 Å². The van der Waals surface area contributed by atoms with Gasteiger partial charge in [0, 0.05) is 31.0 Å². The van der Waals surface area contributed by atoms with Crippen LogP contribution in [0.15, 0.2) is 64.6 Å². The van der Waals surface area contributed by atoms with Gasteiger partial charge in [0.25, 0.3) is 11.7 Å². The average Bonchev–Trinajstić information content (AvgIpc) is 3.30. The van der Waals surface area contributed by atoms with Gasteiger partial charge in [-0.1, -0.05) is 12.1 Å². The molecule has 164 valence electrons. The predicted molar refractivity (Wildman–Crippen MR) is 125 cm³/mol. The lowest BCUT2D eigenvalue weighted by Crippen LogP contribution is -2.29. The van der Waals surface area contributed by atoms with Crippen LogP contribution in [0.5, 0.6) is 0 Å². The number of aliphatic hydroxyl groups excluding tert-OH is 1. The van der Waals surface area contributed by atoms with Crippen molar-refractivity contribution in [3.8, 4) is 0 Å². The number of nitrogens with zero attached hydrogens (tertiary/aromatic N) is 2. The molecule has 0 bridgehead atoms. The van der Waals surface area contributed by atoms with Gasteiger partial charge in [-0.3, -0.25) is 14.5 Å². The van der Waals surface area contributed by atoms with Crippen LogP contribution < -0.4 is 9.80 Å². The lowest BCUT2D eigenvalue weighted by molar-refractivity contribution is -0.132. The monoisotopic (exact) mass is 430 g/mol. The summed E-state index contributed by atoms with van der Waals surface area (Å²) in [5, 5.41) is 11.2. The summed E-state index contributed by atoms with van der Waals surface area (Å²) in [6, 6.07) is 15.4. The minimum absolute atomic E-state index is 0.0179. The Morgan fingerprint density at radius 1 is 0.938 bits per heavy atom. The van der Waals surface area contributed by atoms with E-state index in [0.717, 1.165) is 16.8 Å². The van der Waals surface area contributed by atoms with Gasteiger partial charge in [0.1, 0.15) is 23.3 Å². The summed E-state index contributed by atoms with van der Waals surface area (Å²) >= 11 is 0. The second kappa shape index (κ2) is 8.04. The van der Waals surface area contributed by atoms with Crippen LogP contribution in [0, 0.1) is 20.8 Å². The highest BCUT2D eigenvalue weighted by molar-refractivity contribution is 6.51. The summed E-state index contributed by atoms with van der Waals surface area (Å²) in [5.74, 6) is -0.579. The van der Waals surface area contributed by atoms with Crippen LogP contribution in [0.2, 0.25) is 0 Å². The number of hydrogen-bond donors (Lipinski definition) is 1. The summed E-state index contributed by atoms with van der Waals surface area (Å²) in [6.45, 7) is 5.70. The van der Waals surface area contributed by atoms with Gasteiger partial charge in [0.05, 0.1) is 5.57 Å². The zero-order chi connectivity index (χ0) is 23.2. The first-order chi connectivity index (χ1) is 15.2. The standard InChI is InChI=1S/C26H26N2O4/c1-15-6-8-18(14-16(15)2)24(29)22-23(21-13-7-17(3)32-21)28(26(31)25(22)30)20-11-9-19(10-12-20)27(4)5/h6-14,23,29H,1-5H3/b24-22-. The molecule has 6 heteroatoms. The van der Waals surface area contributed by atoms with E-state index >= 15 is 0 Å². The molecule has 1 aliphatic rings. The van der Waals surface area contributed by atoms with Gasteiger partial charge in [0.15, 0.2) is 0 Å². The maximum Gasteiger partial charge on any atom is 0.300 e. The van der Waals surface area contributed by atoms with Crippen molar-refractivity contribution in [2.45, 2.75) is 26.8 Å². The Labute approximate surface area is 187 Å². The maximum absolute atomic E-state index is 13.2. The normalized spacial score (nSPS) is 17.8. The molecule has 1 atom stereocenters. The summed E-state index contributed by atoms with van der Waals surface area (Å²) in [6.07, 6.45) is 0. The zero-order valence-corrected chi connectivity index (χ0v) is 18.8. The first-order valence-corrected chi connectivity index (χ1v) is 10.4.